The standard InChI is InChI=1S/C42H48N3OSi/c1-24(2)26(5)21-36-39-29(17-20-33-34-18-15-27(6)43-42(34)46-41(33)39)16-19-32-30-13-11-12-14-31(30)37-22-35(25(3)4)38(47(8,9)10)23-45(37)40(32)28(7)44-36/h11-15,17-18,20-25,32,40H,7,16,19H2,1-6,8-10H3/q+1/b26-21-,44-36?. The molecule has 0 aliphatic carbocycles. The predicted molar refractivity (Wildman–Crippen MR) is 200 cm³/mol. The fourth-order valence-corrected chi connectivity index (χ4v) is 9.43. The lowest BCUT2D eigenvalue weighted by atomic mass is 9.78. The Labute approximate surface area is 281 Å². The largest absolute Gasteiger partial charge is 0.437 e. The highest BCUT2D eigenvalue weighted by atomic mass is 28.3. The van der Waals surface area contributed by atoms with Crippen molar-refractivity contribution in [1.29, 1.82) is 0 Å². The van der Waals surface area contributed by atoms with Gasteiger partial charge in [0.15, 0.2) is 6.20 Å². The number of benzene rings is 2. The molecular weight excluding hydrogens is 591 g/mol. The molecule has 2 atom stereocenters. The van der Waals surface area contributed by atoms with Crippen molar-refractivity contribution in [2.75, 3.05) is 0 Å². The third kappa shape index (κ3) is 5.33. The van der Waals surface area contributed by atoms with Crippen LogP contribution >= 0.6 is 0 Å². The van der Waals surface area contributed by atoms with E-state index in [-0.39, 0.29) is 12.0 Å². The van der Waals surface area contributed by atoms with Gasteiger partial charge in [0.05, 0.1) is 19.7 Å². The molecule has 2 unspecified atom stereocenters. The van der Waals surface area contributed by atoms with E-state index >= 15 is 0 Å². The van der Waals surface area contributed by atoms with Gasteiger partial charge in [-0.3, -0.25) is 0 Å². The summed E-state index contributed by atoms with van der Waals surface area (Å²) in [5, 5.41) is 3.66. The fraction of sp³-hybridized carbons (Fsp3) is 0.357. The Morgan fingerprint density at radius 2 is 1.77 bits per heavy atom. The van der Waals surface area contributed by atoms with Gasteiger partial charge in [0.2, 0.25) is 17.4 Å². The van der Waals surface area contributed by atoms with Crippen molar-refractivity contribution in [2.24, 2.45) is 10.9 Å². The summed E-state index contributed by atoms with van der Waals surface area (Å²) >= 11 is 0. The summed E-state index contributed by atoms with van der Waals surface area (Å²) in [6.07, 6.45) is 6.66. The Morgan fingerprint density at radius 3 is 2.49 bits per heavy atom. The molecule has 0 amide bonds. The molecule has 240 valence electrons. The Morgan fingerprint density at radius 1 is 1.02 bits per heavy atom. The zero-order valence-corrected chi connectivity index (χ0v) is 30.5. The van der Waals surface area contributed by atoms with Gasteiger partial charge in [-0.2, -0.15) is 4.57 Å². The van der Waals surface area contributed by atoms with Crippen LogP contribution < -0.4 is 9.75 Å². The number of nitrogens with zero attached hydrogens (tertiary/aromatic N) is 3. The SMILES string of the molecule is C=C1N=C(/C=C(/C)C(C)C)c2c(ccc3c2oc2nc(C)ccc23)CCC2c3ccccc3-c3cc(C(C)C)c([Si](C)(C)C)c[n+]3C12. The highest BCUT2D eigenvalue weighted by Gasteiger charge is 2.44. The number of fused-ring (bicyclic) bond motifs is 11. The molecule has 7 rings (SSSR count). The zero-order valence-electron chi connectivity index (χ0n) is 29.5. The molecule has 47 heavy (non-hydrogen) atoms. The van der Waals surface area contributed by atoms with E-state index in [9.17, 15) is 0 Å². The average Bonchev–Trinajstić information content (AvgIpc) is 3.40. The molecular formula is C42H48N3OSi+. The zero-order chi connectivity index (χ0) is 33.4. The number of pyridine rings is 2. The first-order valence-corrected chi connectivity index (χ1v) is 20.8. The summed E-state index contributed by atoms with van der Waals surface area (Å²) in [7, 11) is -1.67. The van der Waals surface area contributed by atoms with Gasteiger partial charge in [-0.15, -0.1) is 0 Å². The Balaban J connectivity index is 1.53. The van der Waals surface area contributed by atoms with Crippen molar-refractivity contribution >= 4 is 41.0 Å². The first-order chi connectivity index (χ1) is 22.3. The van der Waals surface area contributed by atoms with Crippen molar-refractivity contribution in [2.45, 2.75) is 91.9 Å². The number of hydrogen-bond acceptors (Lipinski definition) is 3. The smallest absolute Gasteiger partial charge is 0.227 e. The molecule has 4 nitrogen and oxygen atoms in total. The first-order valence-electron chi connectivity index (χ1n) is 17.3. The number of aromatic nitrogens is 2. The van der Waals surface area contributed by atoms with E-state index in [1.54, 1.807) is 0 Å². The van der Waals surface area contributed by atoms with Gasteiger partial charge in [-0.1, -0.05) is 89.8 Å². The van der Waals surface area contributed by atoms with Crippen LogP contribution in [-0.4, -0.2) is 18.8 Å². The van der Waals surface area contributed by atoms with Gasteiger partial charge in [-0.25, -0.2) is 9.98 Å². The average molecular weight is 639 g/mol. The van der Waals surface area contributed by atoms with Crippen LogP contribution in [0.15, 0.2) is 94.1 Å². The molecule has 0 spiro atoms. The van der Waals surface area contributed by atoms with Gasteiger partial charge in [-0.05, 0) is 79.5 Å². The van der Waals surface area contributed by atoms with E-state index in [4.69, 9.17) is 21.0 Å². The monoisotopic (exact) mass is 638 g/mol. The van der Waals surface area contributed by atoms with Crippen molar-refractivity contribution in [1.82, 2.24) is 4.98 Å². The lowest BCUT2D eigenvalue weighted by Crippen LogP contribution is -2.54. The van der Waals surface area contributed by atoms with Crippen LogP contribution in [0.25, 0.3) is 33.3 Å². The van der Waals surface area contributed by atoms with Crippen molar-refractivity contribution in [3.05, 3.63) is 113 Å². The van der Waals surface area contributed by atoms with E-state index in [1.165, 1.54) is 38.7 Å². The third-order valence-electron chi connectivity index (χ3n) is 10.5. The molecule has 0 saturated heterocycles. The maximum absolute atomic E-state index is 6.64. The van der Waals surface area contributed by atoms with Gasteiger partial charge < -0.3 is 4.42 Å². The fourth-order valence-electron chi connectivity index (χ4n) is 7.68. The normalized spacial score (nSPS) is 18.4. The second kappa shape index (κ2) is 11.6. The van der Waals surface area contributed by atoms with Crippen molar-refractivity contribution in [3.63, 3.8) is 0 Å². The minimum atomic E-state index is -1.67. The van der Waals surface area contributed by atoms with E-state index in [0.717, 1.165) is 51.9 Å². The minimum absolute atomic E-state index is 0.00348. The van der Waals surface area contributed by atoms with E-state index in [2.05, 4.69) is 126 Å². The number of aryl methyl sites for hydroxylation is 2. The van der Waals surface area contributed by atoms with Crippen LogP contribution in [0.5, 0.6) is 0 Å². The molecule has 0 radical (unpaired) electrons. The second-order valence-corrected chi connectivity index (χ2v) is 20.5. The van der Waals surface area contributed by atoms with Crippen LogP contribution in [0.2, 0.25) is 19.6 Å². The van der Waals surface area contributed by atoms with E-state index in [0.29, 0.717) is 17.5 Å². The maximum atomic E-state index is 6.64. The first kappa shape index (κ1) is 31.5. The molecule has 5 heterocycles. The molecule has 3 aromatic heterocycles. The lowest BCUT2D eigenvalue weighted by Gasteiger charge is -2.32. The maximum Gasteiger partial charge on any atom is 0.227 e. The molecule has 0 N–H and O–H groups in total. The Hall–Kier alpha value is -4.09. The number of rotatable bonds is 4. The van der Waals surface area contributed by atoms with Gasteiger partial charge in [0.1, 0.15) is 11.3 Å². The molecule has 2 aromatic carbocycles. The second-order valence-electron chi connectivity index (χ2n) is 15.4. The van der Waals surface area contributed by atoms with Gasteiger partial charge >= 0.3 is 0 Å². The lowest BCUT2D eigenvalue weighted by molar-refractivity contribution is -0.708. The summed E-state index contributed by atoms with van der Waals surface area (Å²) < 4.78 is 9.19. The van der Waals surface area contributed by atoms with E-state index in [1.807, 2.05) is 6.92 Å². The summed E-state index contributed by atoms with van der Waals surface area (Å²) in [5.41, 5.74) is 13.4. The van der Waals surface area contributed by atoms with Crippen LogP contribution in [0.4, 0.5) is 0 Å². The van der Waals surface area contributed by atoms with Gasteiger partial charge in [0, 0.05) is 38.8 Å². The van der Waals surface area contributed by atoms with E-state index < -0.39 is 8.07 Å². The van der Waals surface area contributed by atoms with Crippen molar-refractivity contribution < 1.29 is 8.98 Å². The molecule has 2 aliphatic rings. The number of hydrogen-bond donors (Lipinski definition) is 0. The Bertz CT molecular complexity index is 2140. The summed E-state index contributed by atoms with van der Waals surface area (Å²) in [4.78, 5) is 10.3. The highest BCUT2D eigenvalue weighted by molar-refractivity contribution is 6.89. The van der Waals surface area contributed by atoms with Crippen LogP contribution in [0.3, 0.4) is 0 Å². The quantitative estimate of drug-likeness (QED) is 0.145. The minimum Gasteiger partial charge on any atom is -0.437 e. The van der Waals surface area contributed by atoms with Crippen molar-refractivity contribution in [3.8, 4) is 11.3 Å². The molecule has 5 aromatic rings. The van der Waals surface area contributed by atoms with Crippen LogP contribution in [0, 0.1) is 12.8 Å². The Kier molecular flexibility index (Phi) is 7.74. The summed E-state index contributed by atoms with van der Waals surface area (Å²) in [6, 6.07) is 20.3. The van der Waals surface area contributed by atoms with Crippen LogP contribution in [-0.2, 0) is 6.42 Å². The van der Waals surface area contributed by atoms with Crippen LogP contribution in [0.1, 0.15) is 86.9 Å². The number of allylic oxidation sites excluding steroid dienone is 3. The van der Waals surface area contributed by atoms with Gasteiger partial charge in [0.25, 0.3) is 0 Å². The molecule has 0 fully saturated rings. The molecule has 0 bridgehead atoms. The molecule has 2 aliphatic heterocycles. The number of furan rings is 1. The number of aliphatic imine (C=N–C) groups is 1. The molecule has 0 saturated carbocycles. The molecule has 5 heteroatoms. The topological polar surface area (TPSA) is 42.3 Å². The predicted octanol–water partition coefficient (Wildman–Crippen LogP) is 10.1. The summed E-state index contributed by atoms with van der Waals surface area (Å²) in [5.74, 6) is 1.07. The highest BCUT2D eigenvalue weighted by Crippen LogP contribution is 2.45. The summed E-state index contributed by atoms with van der Waals surface area (Å²) in [6.45, 7) is 25.6. The third-order valence-corrected chi connectivity index (χ3v) is 12.5.